The van der Waals surface area contributed by atoms with E-state index in [-0.39, 0.29) is 23.8 Å². The molecule has 10 heteroatoms. The third-order valence-electron chi connectivity index (χ3n) is 6.23. The number of benzene rings is 3. The normalized spacial score (nSPS) is 11.8. The van der Waals surface area contributed by atoms with Crippen LogP contribution in [0.4, 0.5) is 21.9 Å². The summed E-state index contributed by atoms with van der Waals surface area (Å²) in [6.07, 6.45) is 2.49. The molecule has 214 valence electrons. The van der Waals surface area contributed by atoms with Crippen LogP contribution in [0.5, 0.6) is 0 Å². The molecule has 2 amide bonds. The van der Waals surface area contributed by atoms with Crippen molar-refractivity contribution >= 4 is 52.0 Å². The van der Waals surface area contributed by atoms with Crippen molar-refractivity contribution in [3.63, 3.8) is 0 Å². The molecule has 9 nitrogen and oxygen atoms in total. The first-order valence-corrected chi connectivity index (χ1v) is 14.3. The SMILES string of the molecule is CCOC(=O)/C(C#N)=c1\s/c(=C\CNc2ccc(Cc3ccc(NC(=O)Nc4ccccc4)cc3)cc2)c(=O)n1CC. The monoisotopic (exact) mass is 581 g/mol. The lowest BCUT2D eigenvalue weighted by Crippen LogP contribution is -2.32. The van der Waals surface area contributed by atoms with Gasteiger partial charge >= 0.3 is 12.0 Å². The first-order chi connectivity index (χ1) is 20.4. The lowest BCUT2D eigenvalue weighted by Gasteiger charge is -2.09. The third kappa shape index (κ3) is 7.74. The Bertz CT molecular complexity index is 1750. The van der Waals surface area contributed by atoms with Gasteiger partial charge in [0, 0.05) is 30.2 Å². The summed E-state index contributed by atoms with van der Waals surface area (Å²) in [6.45, 7) is 4.33. The number of nitrogens with zero attached hydrogens (tertiary/aromatic N) is 2. The predicted molar refractivity (Wildman–Crippen MR) is 167 cm³/mol. The fourth-order valence-electron chi connectivity index (χ4n) is 4.17. The number of aromatic nitrogens is 1. The number of anilines is 3. The minimum Gasteiger partial charge on any atom is -0.462 e. The van der Waals surface area contributed by atoms with Crippen molar-refractivity contribution in [2.24, 2.45) is 0 Å². The number of carbonyl (C=O) groups is 2. The number of carbonyl (C=O) groups excluding carboxylic acids is 2. The van der Waals surface area contributed by atoms with Crippen molar-refractivity contribution in [1.82, 2.24) is 4.57 Å². The molecule has 0 fully saturated rings. The zero-order chi connectivity index (χ0) is 29.9. The number of urea groups is 1. The number of nitriles is 1. The summed E-state index contributed by atoms with van der Waals surface area (Å²) in [5.41, 5.74) is 4.14. The van der Waals surface area contributed by atoms with E-state index in [1.165, 1.54) is 4.57 Å². The molecular formula is C32H31N5O4S. The predicted octanol–water partition coefficient (Wildman–Crippen LogP) is 4.29. The van der Waals surface area contributed by atoms with Crippen LogP contribution in [0.15, 0.2) is 83.7 Å². The zero-order valence-corrected chi connectivity index (χ0v) is 24.2. The molecule has 0 unspecified atom stereocenters. The summed E-state index contributed by atoms with van der Waals surface area (Å²) in [6, 6.07) is 26.6. The van der Waals surface area contributed by atoms with Crippen LogP contribution in [0.1, 0.15) is 25.0 Å². The molecule has 3 aromatic carbocycles. The number of nitrogens with one attached hydrogen (secondary N) is 3. The van der Waals surface area contributed by atoms with Crippen LogP contribution in [-0.2, 0) is 22.5 Å². The van der Waals surface area contributed by atoms with E-state index in [4.69, 9.17) is 4.74 Å². The lowest BCUT2D eigenvalue weighted by atomic mass is 10.0. The van der Waals surface area contributed by atoms with Gasteiger partial charge in [-0.3, -0.25) is 9.36 Å². The van der Waals surface area contributed by atoms with E-state index in [0.717, 1.165) is 40.3 Å². The van der Waals surface area contributed by atoms with E-state index in [9.17, 15) is 19.6 Å². The van der Waals surface area contributed by atoms with Gasteiger partial charge < -0.3 is 20.7 Å². The number of esters is 1. The minimum absolute atomic E-state index is 0.146. The number of rotatable bonds is 10. The van der Waals surface area contributed by atoms with Crippen LogP contribution in [0.2, 0.25) is 0 Å². The highest BCUT2D eigenvalue weighted by atomic mass is 32.1. The van der Waals surface area contributed by atoms with Crippen molar-refractivity contribution in [3.8, 4) is 6.07 Å². The Morgan fingerprint density at radius 2 is 1.50 bits per heavy atom. The molecule has 0 aliphatic heterocycles. The molecule has 4 rings (SSSR count). The summed E-state index contributed by atoms with van der Waals surface area (Å²) < 4.78 is 7.15. The maximum atomic E-state index is 12.8. The Morgan fingerprint density at radius 3 is 2.07 bits per heavy atom. The van der Waals surface area contributed by atoms with Gasteiger partial charge in [0.05, 0.1) is 11.1 Å². The van der Waals surface area contributed by atoms with Gasteiger partial charge in [0.2, 0.25) is 0 Å². The van der Waals surface area contributed by atoms with Gasteiger partial charge in [-0.15, -0.1) is 11.3 Å². The Hall–Kier alpha value is -5.14. The Balaban J connectivity index is 1.35. The number of thiazole rings is 1. The highest BCUT2D eigenvalue weighted by Gasteiger charge is 2.16. The summed E-state index contributed by atoms with van der Waals surface area (Å²) in [5, 5.41) is 18.4. The molecule has 0 aliphatic carbocycles. The maximum Gasteiger partial charge on any atom is 0.351 e. The van der Waals surface area contributed by atoms with E-state index in [1.54, 1.807) is 19.9 Å². The number of amides is 2. The van der Waals surface area contributed by atoms with Gasteiger partial charge in [-0.25, -0.2) is 9.59 Å². The van der Waals surface area contributed by atoms with Crippen LogP contribution in [-0.4, -0.2) is 29.7 Å². The average Bonchev–Trinajstić information content (AvgIpc) is 3.30. The Morgan fingerprint density at radius 1 is 0.905 bits per heavy atom. The summed E-state index contributed by atoms with van der Waals surface area (Å²) in [4.78, 5) is 37.2. The van der Waals surface area contributed by atoms with Crippen LogP contribution in [0, 0.1) is 11.3 Å². The van der Waals surface area contributed by atoms with Gasteiger partial charge in [0.25, 0.3) is 5.56 Å². The molecule has 42 heavy (non-hydrogen) atoms. The van der Waals surface area contributed by atoms with Crippen molar-refractivity contribution in [1.29, 1.82) is 5.26 Å². The number of ether oxygens (including phenoxy) is 1. The van der Waals surface area contributed by atoms with Crippen LogP contribution in [0.25, 0.3) is 11.6 Å². The second-order valence-corrected chi connectivity index (χ2v) is 10.2. The van der Waals surface area contributed by atoms with Crippen LogP contribution >= 0.6 is 11.3 Å². The van der Waals surface area contributed by atoms with Gasteiger partial charge in [-0.05, 0) is 73.9 Å². The smallest absolute Gasteiger partial charge is 0.351 e. The van der Waals surface area contributed by atoms with Gasteiger partial charge in [-0.1, -0.05) is 42.5 Å². The molecule has 1 aromatic heterocycles. The quantitative estimate of drug-likeness (QED) is 0.240. The van der Waals surface area contributed by atoms with Crippen molar-refractivity contribution in [2.75, 3.05) is 29.1 Å². The van der Waals surface area contributed by atoms with Crippen molar-refractivity contribution in [3.05, 3.63) is 110 Å². The zero-order valence-electron chi connectivity index (χ0n) is 23.3. The van der Waals surface area contributed by atoms with E-state index in [0.29, 0.717) is 28.0 Å². The maximum absolute atomic E-state index is 12.8. The summed E-state index contributed by atoms with van der Waals surface area (Å²) in [5.74, 6) is -0.730. The van der Waals surface area contributed by atoms with E-state index >= 15 is 0 Å². The fourth-order valence-corrected chi connectivity index (χ4v) is 5.30. The third-order valence-corrected chi connectivity index (χ3v) is 7.41. The van der Waals surface area contributed by atoms with Crippen molar-refractivity contribution < 1.29 is 14.3 Å². The standard InChI is InChI=1S/C32H31N5O4S/c1-3-37-29(38)28(42-30(37)27(21-33)31(39)41-4-2)18-19-34-24-14-10-22(11-15-24)20-23-12-16-26(17-13-23)36-32(40)35-25-8-6-5-7-9-25/h5-18,34H,3-4,19-20H2,1-2H3,(H2,35,36,40)/b28-18-,30-27-. The molecule has 1 heterocycles. The molecule has 0 atom stereocenters. The largest absolute Gasteiger partial charge is 0.462 e. The number of hydrogen-bond donors (Lipinski definition) is 3. The van der Waals surface area contributed by atoms with E-state index in [2.05, 4.69) is 16.0 Å². The molecule has 3 N–H and O–H groups in total. The number of para-hydroxylation sites is 1. The minimum atomic E-state index is -0.730. The van der Waals surface area contributed by atoms with Gasteiger partial charge in [0.1, 0.15) is 10.7 Å². The van der Waals surface area contributed by atoms with Crippen LogP contribution in [0.3, 0.4) is 0 Å². The molecule has 0 saturated heterocycles. The molecule has 0 saturated carbocycles. The fraction of sp³-hybridized carbons (Fsp3) is 0.188. The van der Waals surface area contributed by atoms with E-state index < -0.39 is 5.97 Å². The Labute approximate surface area is 247 Å². The first-order valence-electron chi connectivity index (χ1n) is 13.5. The van der Waals surface area contributed by atoms with Crippen molar-refractivity contribution in [2.45, 2.75) is 26.8 Å². The van der Waals surface area contributed by atoms with E-state index in [1.807, 2.05) is 84.9 Å². The topological polar surface area (TPSA) is 125 Å². The molecule has 0 radical (unpaired) electrons. The second-order valence-electron chi connectivity index (χ2n) is 9.13. The van der Waals surface area contributed by atoms with Gasteiger partial charge in [0.15, 0.2) is 5.57 Å². The summed E-state index contributed by atoms with van der Waals surface area (Å²) in [7, 11) is 0. The van der Waals surface area contributed by atoms with Crippen LogP contribution < -0.4 is 30.7 Å². The lowest BCUT2D eigenvalue weighted by molar-refractivity contribution is -0.136. The Kier molecular flexibility index (Phi) is 10.3. The summed E-state index contributed by atoms with van der Waals surface area (Å²) >= 11 is 1.11. The highest BCUT2D eigenvalue weighted by molar-refractivity contribution is 7.07. The molecule has 0 spiro atoms. The number of hydrogen-bond acceptors (Lipinski definition) is 7. The first kappa shape index (κ1) is 29.8. The molecule has 0 bridgehead atoms. The molecule has 0 aliphatic rings. The highest BCUT2D eigenvalue weighted by Crippen LogP contribution is 2.16. The average molecular weight is 582 g/mol. The second kappa shape index (κ2) is 14.5. The molecule has 4 aromatic rings. The van der Waals surface area contributed by atoms with Gasteiger partial charge in [-0.2, -0.15) is 5.26 Å². The molecular weight excluding hydrogens is 550 g/mol.